The third-order valence-electron chi connectivity index (χ3n) is 2.88. The van der Waals surface area contributed by atoms with Gasteiger partial charge < -0.3 is 9.52 Å². The summed E-state index contributed by atoms with van der Waals surface area (Å²) in [4.78, 5) is 16.0. The van der Waals surface area contributed by atoms with Crippen molar-refractivity contribution in [2.24, 2.45) is 0 Å². The average molecular weight is 281 g/mol. The zero-order valence-electron chi connectivity index (χ0n) is 10.9. The second-order valence-electron chi connectivity index (χ2n) is 4.25. The van der Waals surface area contributed by atoms with Crippen LogP contribution in [0.3, 0.4) is 0 Å². The number of aliphatic hydroxyl groups is 1. The molecule has 0 atom stereocenters. The lowest BCUT2D eigenvalue weighted by molar-refractivity contribution is 0.104. The number of hydrogen-bond donors (Lipinski definition) is 2. The lowest BCUT2D eigenvalue weighted by Crippen LogP contribution is -1.98. The zero-order chi connectivity index (χ0) is 14.7. The number of benzene rings is 1. The fraction of sp³-hybridized carbons (Fsp3) is 0. The highest BCUT2D eigenvalue weighted by molar-refractivity contribution is 6.10. The van der Waals surface area contributed by atoms with Gasteiger partial charge in [0.25, 0.3) is 0 Å². The van der Waals surface area contributed by atoms with Crippen molar-refractivity contribution >= 4 is 11.5 Å². The van der Waals surface area contributed by atoms with E-state index in [2.05, 4.69) is 15.2 Å². The normalized spacial score (nSPS) is 11.5. The fourth-order valence-corrected chi connectivity index (χ4v) is 1.92. The second kappa shape index (κ2) is 5.46. The Morgan fingerprint density at radius 1 is 1.24 bits per heavy atom. The van der Waals surface area contributed by atoms with Gasteiger partial charge in [0.2, 0.25) is 5.82 Å². The largest absolute Gasteiger partial charge is 0.504 e. The number of hydrogen-bond acceptors (Lipinski definition) is 5. The summed E-state index contributed by atoms with van der Waals surface area (Å²) >= 11 is 0. The van der Waals surface area contributed by atoms with Crippen molar-refractivity contribution < 1.29 is 14.3 Å². The number of aromatic nitrogens is 3. The Morgan fingerprint density at radius 3 is 2.76 bits per heavy atom. The van der Waals surface area contributed by atoms with E-state index in [0.717, 1.165) is 11.6 Å². The lowest BCUT2D eigenvalue weighted by Gasteiger charge is -2.00. The van der Waals surface area contributed by atoms with Gasteiger partial charge in [0.05, 0.1) is 11.8 Å². The Bertz CT molecular complexity index is 774. The monoisotopic (exact) mass is 281 g/mol. The van der Waals surface area contributed by atoms with Crippen molar-refractivity contribution in [3.63, 3.8) is 0 Å². The number of furan rings is 1. The first-order chi connectivity index (χ1) is 10.3. The van der Waals surface area contributed by atoms with Gasteiger partial charge in [-0.15, -0.1) is 0 Å². The van der Waals surface area contributed by atoms with Gasteiger partial charge in [-0.2, -0.15) is 5.10 Å². The fourth-order valence-electron chi connectivity index (χ4n) is 1.92. The smallest absolute Gasteiger partial charge is 0.215 e. The number of allylic oxidation sites excluding steroid dienone is 1. The molecular formula is C15H11N3O3. The van der Waals surface area contributed by atoms with E-state index in [1.807, 2.05) is 30.3 Å². The number of aromatic amines is 1. The van der Waals surface area contributed by atoms with Gasteiger partial charge in [0.1, 0.15) is 12.1 Å². The van der Waals surface area contributed by atoms with Crippen molar-refractivity contribution in [2.75, 3.05) is 0 Å². The molecule has 6 nitrogen and oxygen atoms in total. The molecule has 21 heavy (non-hydrogen) atoms. The molecule has 0 fully saturated rings. The number of ketones is 1. The van der Waals surface area contributed by atoms with Crippen LogP contribution in [0.1, 0.15) is 16.2 Å². The standard InChI is InChI=1S/C15H11N3O3/c19-12(8-13(20)15-16-9-17-18-15)11-6-7-21-14(11)10-4-2-1-3-5-10/h1-9,20H,(H,16,17,18). The van der Waals surface area contributed by atoms with Crippen LogP contribution in [-0.4, -0.2) is 26.1 Å². The van der Waals surface area contributed by atoms with Gasteiger partial charge in [-0.25, -0.2) is 4.98 Å². The van der Waals surface area contributed by atoms with E-state index in [9.17, 15) is 9.90 Å². The highest BCUT2D eigenvalue weighted by Crippen LogP contribution is 2.25. The number of nitrogens with one attached hydrogen (secondary N) is 1. The minimum absolute atomic E-state index is 0.0631. The summed E-state index contributed by atoms with van der Waals surface area (Å²) in [5.74, 6) is -0.167. The summed E-state index contributed by atoms with van der Waals surface area (Å²) in [6.07, 6.45) is 3.82. The van der Waals surface area contributed by atoms with Gasteiger partial charge in [-0.05, 0) is 6.07 Å². The number of aliphatic hydroxyl groups excluding tert-OH is 1. The predicted molar refractivity (Wildman–Crippen MR) is 75.5 cm³/mol. The van der Waals surface area contributed by atoms with Crippen molar-refractivity contribution in [3.8, 4) is 11.3 Å². The summed E-state index contributed by atoms with van der Waals surface area (Å²) in [6, 6.07) is 10.8. The molecule has 0 spiro atoms. The molecule has 0 aliphatic heterocycles. The van der Waals surface area contributed by atoms with Crippen LogP contribution in [0.4, 0.5) is 0 Å². The van der Waals surface area contributed by atoms with E-state index in [-0.39, 0.29) is 17.4 Å². The Hall–Kier alpha value is -3.15. The minimum Gasteiger partial charge on any atom is -0.504 e. The van der Waals surface area contributed by atoms with Crippen LogP contribution in [-0.2, 0) is 0 Å². The van der Waals surface area contributed by atoms with Gasteiger partial charge in [0, 0.05) is 11.6 Å². The van der Waals surface area contributed by atoms with Crippen LogP contribution in [0.25, 0.3) is 17.1 Å². The third kappa shape index (κ3) is 2.59. The maximum atomic E-state index is 12.2. The highest BCUT2D eigenvalue weighted by atomic mass is 16.3. The van der Waals surface area contributed by atoms with Crippen molar-refractivity contribution in [2.45, 2.75) is 0 Å². The number of carbonyl (C=O) groups is 1. The molecule has 0 unspecified atom stereocenters. The summed E-state index contributed by atoms with van der Waals surface area (Å²) in [5, 5.41) is 16.0. The topological polar surface area (TPSA) is 92.0 Å². The van der Waals surface area contributed by atoms with Crippen LogP contribution in [0.2, 0.25) is 0 Å². The van der Waals surface area contributed by atoms with E-state index in [0.29, 0.717) is 11.3 Å². The molecule has 0 aliphatic carbocycles. The Labute approximate surface area is 119 Å². The molecule has 0 saturated carbocycles. The Morgan fingerprint density at radius 2 is 2.05 bits per heavy atom. The molecule has 0 radical (unpaired) electrons. The Balaban J connectivity index is 1.94. The summed E-state index contributed by atoms with van der Waals surface area (Å²) in [5.41, 5.74) is 1.15. The van der Waals surface area contributed by atoms with Gasteiger partial charge in [0.15, 0.2) is 11.5 Å². The molecule has 2 aromatic heterocycles. The molecule has 2 N–H and O–H groups in total. The highest BCUT2D eigenvalue weighted by Gasteiger charge is 2.16. The number of carbonyl (C=O) groups excluding carboxylic acids is 1. The number of nitrogens with zero attached hydrogens (tertiary/aromatic N) is 2. The van der Waals surface area contributed by atoms with Crippen LogP contribution in [0, 0.1) is 0 Å². The average Bonchev–Trinajstić information content (AvgIpc) is 3.19. The quantitative estimate of drug-likeness (QED) is 0.436. The molecule has 0 aliphatic rings. The third-order valence-corrected chi connectivity index (χ3v) is 2.88. The first kappa shape index (κ1) is 12.9. The number of H-pyrrole nitrogens is 1. The maximum absolute atomic E-state index is 12.2. The summed E-state index contributed by atoms with van der Waals surface area (Å²) in [7, 11) is 0. The van der Waals surface area contributed by atoms with E-state index in [1.54, 1.807) is 6.07 Å². The SMILES string of the molecule is O=C(C=C(O)c1nc[nH]n1)c1ccoc1-c1ccccc1. The second-order valence-corrected chi connectivity index (χ2v) is 4.25. The zero-order valence-corrected chi connectivity index (χ0v) is 10.9. The van der Waals surface area contributed by atoms with Gasteiger partial charge >= 0.3 is 0 Å². The molecule has 6 heteroatoms. The van der Waals surface area contributed by atoms with E-state index >= 15 is 0 Å². The maximum Gasteiger partial charge on any atom is 0.215 e. The molecule has 2 heterocycles. The Kier molecular flexibility index (Phi) is 3.34. The van der Waals surface area contributed by atoms with Crippen molar-refractivity contribution in [3.05, 3.63) is 66.5 Å². The lowest BCUT2D eigenvalue weighted by atomic mass is 10.1. The van der Waals surface area contributed by atoms with Crippen LogP contribution >= 0.6 is 0 Å². The van der Waals surface area contributed by atoms with E-state index in [1.165, 1.54) is 12.6 Å². The van der Waals surface area contributed by atoms with Crippen LogP contribution in [0.5, 0.6) is 0 Å². The van der Waals surface area contributed by atoms with Crippen molar-refractivity contribution in [1.82, 2.24) is 15.2 Å². The molecule has 0 saturated heterocycles. The minimum atomic E-state index is -0.384. The summed E-state index contributed by atoms with van der Waals surface area (Å²) in [6.45, 7) is 0. The molecule has 0 bridgehead atoms. The molecule has 0 amide bonds. The number of rotatable bonds is 4. The van der Waals surface area contributed by atoms with Gasteiger partial charge in [-0.1, -0.05) is 30.3 Å². The van der Waals surface area contributed by atoms with E-state index in [4.69, 9.17) is 4.42 Å². The molecular weight excluding hydrogens is 270 g/mol. The first-order valence-corrected chi connectivity index (χ1v) is 6.20. The molecule has 3 rings (SSSR count). The summed E-state index contributed by atoms with van der Waals surface area (Å²) < 4.78 is 5.37. The predicted octanol–water partition coefficient (Wildman–Crippen LogP) is 2.85. The molecule has 104 valence electrons. The van der Waals surface area contributed by atoms with Gasteiger partial charge in [-0.3, -0.25) is 9.89 Å². The molecule has 3 aromatic rings. The first-order valence-electron chi connectivity index (χ1n) is 6.20. The molecule has 1 aromatic carbocycles. The van der Waals surface area contributed by atoms with Crippen LogP contribution in [0.15, 0.2) is 59.5 Å². The van der Waals surface area contributed by atoms with Crippen molar-refractivity contribution in [1.29, 1.82) is 0 Å². The van der Waals surface area contributed by atoms with E-state index < -0.39 is 0 Å². The van der Waals surface area contributed by atoms with Crippen LogP contribution < -0.4 is 0 Å².